The first-order valence-electron chi connectivity index (χ1n) is 6.21. The third kappa shape index (κ3) is 4.03. The van der Waals surface area contributed by atoms with Crippen LogP contribution in [-0.2, 0) is 0 Å². The molecular weight excluding hydrogens is 299 g/mol. The number of nitrogens with zero attached hydrogens (tertiary/aromatic N) is 1. The fourth-order valence-corrected chi connectivity index (χ4v) is 2.38. The van der Waals surface area contributed by atoms with Crippen LogP contribution >= 0.6 is 24.8 Å². The molecule has 0 aliphatic carbocycles. The third-order valence-corrected chi connectivity index (χ3v) is 3.34. The van der Waals surface area contributed by atoms with E-state index in [1.165, 1.54) is 0 Å². The number of hydrogen-bond acceptors (Lipinski definition) is 4. The molecule has 0 unspecified atom stereocenters. The van der Waals surface area contributed by atoms with Crippen LogP contribution in [0, 0.1) is 0 Å². The van der Waals surface area contributed by atoms with Crippen LogP contribution in [0.2, 0.25) is 0 Å². The molecule has 1 fully saturated rings. The van der Waals surface area contributed by atoms with Crippen molar-refractivity contribution in [2.45, 2.75) is 6.04 Å². The smallest absolute Gasteiger partial charge is 0.162 e. The molecule has 6 heteroatoms. The van der Waals surface area contributed by atoms with Gasteiger partial charge in [-0.05, 0) is 6.07 Å². The largest absolute Gasteiger partial charge is 0.504 e. The lowest BCUT2D eigenvalue weighted by Gasteiger charge is -2.33. The van der Waals surface area contributed by atoms with Gasteiger partial charge in [0, 0.05) is 31.7 Å². The summed E-state index contributed by atoms with van der Waals surface area (Å²) >= 11 is 0. The van der Waals surface area contributed by atoms with Crippen molar-refractivity contribution < 1.29 is 9.84 Å². The van der Waals surface area contributed by atoms with Crippen LogP contribution in [-0.4, -0.2) is 43.3 Å². The van der Waals surface area contributed by atoms with Crippen LogP contribution in [0.15, 0.2) is 30.9 Å². The van der Waals surface area contributed by atoms with E-state index in [1.54, 1.807) is 13.2 Å². The predicted molar refractivity (Wildman–Crippen MR) is 86.5 cm³/mol. The highest BCUT2D eigenvalue weighted by atomic mass is 35.5. The Morgan fingerprint density at radius 2 is 2.00 bits per heavy atom. The summed E-state index contributed by atoms with van der Waals surface area (Å²) in [6.07, 6.45) is 1.87. The fraction of sp³-hybridized carbons (Fsp3) is 0.429. The minimum atomic E-state index is 0. The molecule has 2 rings (SSSR count). The van der Waals surface area contributed by atoms with Gasteiger partial charge < -0.3 is 15.2 Å². The molecule has 0 bridgehead atoms. The molecule has 2 N–H and O–H groups in total. The number of nitrogens with one attached hydrogen (secondary N) is 1. The monoisotopic (exact) mass is 320 g/mol. The fourth-order valence-electron chi connectivity index (χ4n) is 2.38. The molecule has 20 heavy (non-hydrogen) atoms. The summed E-state index contributed by atoms with van der Waals surface area (Å²) in [5.74, 6) is 0.720. The molecular formula is C14H22Cl2N2O2. The molecule has 4 nitrogen and oxygen atoms in total. The Bertz CT molecular complexity index is 424. The number of methoxy groups -OCH3 is 1. The maximum Gasteiger partial charge on any atom is 0.162 e. The van der Waals surface area contributed by atoms with Crippen LogP contribution < -0.4 is 10.1 Å². The van der Waals surface area contributed by atoms with Gasteiger partial charge in [-0.15, -0.1) is 31.4 Å². The number of benzene rings is 1. The molecule has 1 aliphatic rings. The molecule has 1 atom stereocenters. The van der Waals surface area contributed by atoms with E-state index < -0.39 is 0 Å². The molecule has 0 radical (unpaired) electrons. The lowest BCUT2D eigenvalue weighted by Crippen LogP contribution is -2.44. The van der Waals surface area contributed by atoms with E-state index in [1.807, 2.05) is 18.2 Å². The summed E-state index contributed by atoms with van der Waals surface area (Å²) in [6.45, 7) is 7.73. The van der Waals surface area contributed by atoms with Crippen molar-refractivity contribution in [3.05, 3.63) is 36.4 Å². The van der Waals surface area contributed by atoms with E-state index in [4.69, 9.17) is 4.74 Å². The zero-order valence-electron chi connectivity index (χ0n) is 11.5. The molecule has 114 valence electrons. The second-order valence-electron chi connectivity index (χ2n) is 4.36. The van der Waals surface area contributed by atoms with Crippen molar-refractivity contribution in [1.82, 2.24) is 10.2 Å². The van der Waals surface area contributed by atoms with Crippen LogP contribution in [0.1, 0.15) is 11.6 Å². The summed E-state index contributed by atoms with van der Waals surface area (Å²) in [4.78, 5) is 2.30. The summed E-state index contributed by atoms with van der Waals surface area (Å²) in [5, 5.41) is 13.5. The number of para-hydroxylation sites is 1. The van der Waals surface area contributed by atoms with E-state index in [0.29, 0.717) is 5.75 Å². The number of halogens is 2. The van der Waals surface area contributed by atoms with E-state index in [2.05, 4.69) is 16.8 Å². The zero-order valence-corrected chi connectivity index (χ0v) is 13.2. The maximum absolute atomic E-state index is 10.2. The van der Waals surface area contributed by atoms with Gasteiger partial charge >= 0.3 is 0 Å². The van der Waals surface area contributed by atoms with E-state index in [9.17, 15) is 5.11 Å². The van der Waals surface area contributed by atoms with Crippen LogP contribution in [0.4, 0.5) is 0 Å². The van der Waals surface area contributed by atoms with Crippen molar-refractivity contribution in [2.24, 2.45) is 0 Å². The van der Waals surface area contributed by atoms with Gasteiger partial charge in [-0.25, -0.2) is 0 Å². The van der Waals surface area contributed by atoms with Gasteiger partial charge in [0.1, 0.15) is 0 Å². The number of phenols is 1. The van der Waals surface area contributed by atoms with Crippen molar-refractivity contribution in [2.75, 3.05) is 33.3 Å². The highest BCUT2D eigenvalue weighted by Gasteiger charge is 2.23. The Balaban J connectivity index is 0.00000180. The van der Waals surface area contributed by atoms with E-state index >= 15 is 0 Å². The highest BCUT2D eigenvalue weighted by molar-refractivity contribution is 5.85. The number of aromatic hydroxyl groups is 1. The molecule has 1 aromatic rings. The van der Waals surface area contributed by atoms with Crippen LogP contribution in [0.3, 0.4) is 0 Å². The summed E-state index contributed by atoms with van der Waals surface area (Å²) in [5.41, 5.74) is 0.853. The standard InChI is InChI=1S/C14H20N2O2.2ClH/c1-3-12(16-9-7-15-8-10-16)11-5-4-6-13(18-2)14(11)17;;/h3-6,12,15,17H,1,7-10H2,2H3;2*1H/t12-;;/m0../s1. The molecule has 0 amide bonds. The van der Waals surface area contributed by atoms with Gasteiger partial charge in [0.2, 0.25) is 0 Å². The molecule has 1 aliphatic heterocycles. The van der Waals surface area contributed by atoms with Crippen LogP contribution in [0.5, 0.6) is 11.5 Å². The minimum Gasteiger partial charge on any atom is -0.504 e. The van der Waals surface area contributed by atoms with Gasteiger partial charge in [0.25, 0.3) is 0 Å². The Morgan fingerprint density at radius 3 is 2.55 bits per heavy atom. The molecule has 1 heterocycles. The van der Waals surface area contributed by atoms with Crippen molar-refractivity contribution in [3.63, 3.8) is 0 Å². The first-order valence-corrected chi connectivity index (χ1v) is 6.21. The molecule has 0 aromatic heterocycles. The minimum absolute atomic E-state index is 0. The van der Waals surface area contributed by atoms with Gasteiger partial charge in [-0.1, -0.05) is 18.2 Å². The van der Waals surface area contributed by atoms with Gasteiger partial charge in [0.15, 0.2) is 11.5 Å². The van der Waals surface area contributed by atoms with Gasteiger partial charge in [-0.2, -0.15) is 0 Å². The SMILES string of the molecule is C=C[C@@H](c1cccc(OC)c1O)N1CCNCC1.Cl.Cl. The lowest BCUT2D eigenvalue weighted by atomic mass is 10.0. The summed E-state index contributed by atoms with van der Waals surface area (Å²) < 4.78 is 5.15. The number of ether oxygens (including phenoxy) is 1. The Morgan fingerprint density at radius 1 is 1.35 bits per heavy atom. The second-order valence-corrected chi connectivity index (χ2v) is 4.36. The average Bonchev–Trinajstić information content (AvgIpc) is 2.43. The maximum atomic E-state index is 10.2. The zero-order chi connectivity index (χ0) is 13.0. The molecule has 0 spiro atoms. The molecule has 1 saturated heterocycles. The quantitative estimate of drug-likeness (QED) is 0.836. The Hall–Kier alpha value is -0.940. The Labute approximate surface area is 132 Å². The second kappa shape index (κ2) is 9.08. The summed E-state index contributed by atoms with van der Waals surface area (Å²) in [6, 6.07) is 5.61. The number of phenolic OH excluding ortho intramolecular Hbond substituents is 1. The summed E-state index contributed by atoms with van der Waals surface area (Å²) in [7, 11) is 1.56. The highest BCUT2D eigenvalue weighted by Crippen LogP contribution is 2.36. The number of hydrogen-bond donors (Lipinski definition) is 2. The van der Waals surface area contributed by atoms with Gasteiger partial charge in [-0.3, -0.25) is 4.90 Å². The number of piperazine rings is 1. The van der Waals surface area contributed by atoms with Gasteiger partial charge in [0.05, 0.1) is 13.2 Å². The first-order chi connectivity index (χ1) is 8.77. The molecule has 0 saturated carbocycles. The topological polar surface area (TPSA) is 44.7 Å². The number of rotatable bonds is 4. The Kier molecular flexibility index (Phi) is 8.65. The average molecular weight is 321 g/mol. The normalized spacial score (nSPS) is 16.4. The third-order valence-electron chi connectivity index (χ3n) is 3.34. The van der Waals surface area contributed by atoms with E-state index in [0.717, 1.165) is 31.7 Å². The van der Waals surface area contributed by atoms with E-state index in [-0.39, 0.29) is 36.6 Å². The lowest BCUT2D eigenvalue weighted by molar-refractivity contribution is 0.200. The predicted octanol–water partition coefficient (Wildman–Crippen LogP) is 2.38. The molecule has 1 aromatic carbocycles. The van der Waals surface area contributed by atoms with Crippen molar-refractivity contribution >= 4 is 24.8 Å². The van der Waals surface area contributed by atoms with Crippen molar-refractivity contribution in [3.8, 4) is 11.5 Å². The van der Waals surface area contributed by atoms with Crippen molar-refractivity contribution in [1.29, 1.82) is 0 Å². The first kappa shape index (κ1) is 19.1. The van der Waals surface area contributed by atoms with Crippen LogP contribution in [0.25, 0.3) is 0 Å².